The number of nitrogens with one attached hydrogen (secondary N) is 1. The van der Waals surface area contributed by atoms with Crippen molar-refractivity contribution in [2.75, 3.05) is 11.9 Å². The summed E-state index contributed by atoms with van der Waals surface area (Å²) >= 11 is 5.91. The average Bonchev–Trinajstić information content (AvgIpc) is 2.36. The zero-order valence-corrected chi connectivity index (χ0v) is 11.5. The maximum atomic E-state index is 11.7. The summed E-state index contributed by atoms with van der Waals surface area (Å²) in [6.45, 7) is 4.46. The molecular weight excluding hydrogens is 252 g/mol. The summed E-state index contributed by atoms with van der Waals surface area (Å²) in [6, 6.07) is 4.60. The topological polar surface area (TPSA) is 64.3 Å². The predicted molar refractivity (Wildman–Crippen MR) is 74.1 cm³/mol. The van der Waals surface area contributed by atoms with Gasteiger partial charge in [-0.2, -0.15) is 0 Å². The lowest BCUT2D eigenvalue weighted by Crippen LogP contribution is -2.34. The first-order valence-corrected chi connectivity index (χ1v) is 6.45. The quantitative estimate of drug-likeness (QED) is 0.835. The van der Waals surface area contributed by atoms with E-state index in [1.807, 2.05) is 13.8 Å². The van der Waals surface area contributed by atoms with E-state index in [1.54, 1.807) is 18.2 Å². The van der Waals surface area contributed by atoms with Crippen LogP contribution in [0.2, 0.25) is 5.02 Å². The molecule has 0 saturated heterocycles. The zero-order chi connectivity index (χ0) is 13.5. The van der Waals surface area contributed by atoms with E-state index < -0.39 is 6.04 Å². The molecular formula is C13H19ClN2O2. The van der Waals surface area contributed by atoms with Crippen LogP contribution in [0.15, 0.2) is 18.2 Å². The highest BCUT2D eigenvalue weighted by Crippen LogP contribution is 2.28. The van der Waals surface area contributed by atoms with Gasteiger partial charge >= 0.3 is 0 Å². The molecule has 0 aliphatic heterocycles. The van der Waals surface area contributed by atoms with Crippen molar-refractivity contribution >= 4 is 23.2 Å². The highest BCUT2D eigenvalue weighted by atomic mass is 35.5. The molecule has 0 bridgehead atoms. The molecule has 0 spiro atoms. The van der Waals surface area contributed by atoms with Crippen molar-refractivity contribution in [1.29, 1.82) is 0 Å². The fourth-order valence-electron chi connectivity index (χ4n) is 1.35. The van der Waals surface area contributed by atoms with Gasteiger partial charge in [-0.1, -0.05) is 25.4 Å². The molecule has 0 fully saturated rings. The number of carbonyl (C=O) groups excluding carboxylic acids is 1. The van der Waals surface area contributed by atoms with Crippen LogP contribution in [-0.2, 0) is 4.79 Å². The van der Waals surface area contributed by atoms with E-state index >= 15 is 0 Å². The molecule has 1 amide bonds. The Morgan fingerprint density at radius 2 is 2.22 bits per heavy atom. The van der Waals surface area contributed by atoms with Crippen LogP contribution in [-0.4, -0.2) is 18.6 Å². The number of carbonyl (C=O) groups is 1. The Morgan fingerprint density at radius 1 is 1.50 bits per heavy atom. The van der Waals surface area contributed by atoms with Crippen LogP contribution in [0.5, 0.6) is 5.75 Å². The molecule has 1 aromatic carbocycles. The highest BCUT2D eigenvalue weighted by molar-refractivity contribution is 6.31. The molecule has 1 atom stereocenters. The van der Waals surface area contributed by atoms with Gasteiger partial charge in [0.2, 0.25) is 5.91 Å². The second kappa shape index (κ2) is 7.24. The minimum Gasteiger partial charge on any atom is -0.491 e. The van der Waals surface area contributed by atoms with Crippen molar-refractivity contribution in [2.45, 2.75) is 32.7 Å². The molecule has 5 heteroatoms. The Hall–Kier alpha value is -1.26. The van der Waals surface area contributed by atoms with E-state index in [9.17, 15) is 4.79 Å². The Balaban J connectivity index is 2.84. The fraction of sp³-hybridized carbons (Fsp3) is 0.462. The molecule has 100 valence electrons. The third kappa shape index (κ3) is 4.20. The van der Waals surface area contributed by atoms with Crippen LogP contribution < -0.4 is 15.8 Å². The maximum absolute atomic E-state index is 11.7. The number of hydrogen-bond donors (Lipinski definition) is 2. The number of amides is 1. The van der Waals surface area contributed by atoms with Gasteiger partial charge in [0.05, 0.1) is 18.3 Å². The second-order valence-corrected chi connectivity index (χ2v) is 4.43. The molecule has 0 aliphatic carbocycles. The number of anilines is 1. The lowest BCUT2D eigenvalue weighted by molar-refractivity contribution is -0.117. The minimum atomic E-state index is -0.525. The third-order valence-electron chi connectivity index (χ3n) is 2.44. The van der Waals surface area contributed by atoms with Gasteiger partial charge in [0.1, 0.15) is 5.75 Å². The van der Waals surface area contributed by atoms with Crippen molar-refractivity contribution in [2.24, 2.45) is 5.73 Å². The molecule has 0 heterocycles. The van der Waals surface area contributed by atoms with E-state index in [4.69, 9.17) is 22.1 Å². The van der Waals surface area contributed by atoms with E-state index in [0.29, 0.717) is 29.5 Å². The predicted octanol–water partition coefficient (Wildman–Crippen LogP) is 2.80. The molecule has 0 radical (unpaired) electrons. The van der Waals surface area contributed by atoms with Gasteiger partial charge in [-0.05, 0) is 31.0 Å². The van der Waals surface area contributed by atoms with Crippen molar-refractivity contribution in [1.82, 2.24) is 0 Å². The van der Waals surface area contributed by atoms with Gasteiger partial charge in [-0.3, -0.25) is 4.79 Å². The van der Waals surface area contributed by atoms with Gasteiger partial charge in [-0.25, -0.2) is 0 Å². The first-order chi connectivity index (χ1) is 8.58. The summed E-state index contributed by atoms with van der Waals surface area (Å²) < 4.78 is 5.54. The average molecular weight is 271 g/mol. The lowest BCUT2D eigenvalue weighted by Gasteiger charge is -2.14. The Bertz CT molecular complexity index is 410. The Kier molecular flexibility index (Phi) is 5.95. The number of benzene rings is 1. The van der Waals surface area contributed by atoms with E-state index in [1.165, 1.54) is 0 Å². The number of hydrogen-bond acceptors (Lipinski definition) is 3. The van der Waals surface area contributed by atoms with Gasteiger partial charge in [0.25, 0.3) is 0 Å². The van der Waals surface area contributed by atoms with Gasteiger partial charge in [0, 0.05) is 5.02 Å². The van der Waals surface area contributed by atoms with Crippen LogP contribution >= 0.6 is 11.6 Å². The summed E-state index contributed by atoms with van der Waals surface area (Å²) in [4.78, 5) is 11.7. The molecule has 0 saturated carbocycles. The molecule has 0 unspecified atom stereocenters. The van der Waals surface area contributed by atoms with Crippen molar-refractivity contribution in [3.63, 3.8) is 0 Å². The smallest absolute Gasteiger partial charge is 0.241 e. The van der Waals surface area contributed by atoms with E-state index in [0.717, 1.165) is 6.42 Å². The highest BCUT2D eigenvalue weighted by Gasteiger charge is 2.14. The summed E-state index contributed by atoms with van der Waals surface area (Å²) in [7, 11) is 0. The van der Waals surface area contributed by atoms with Crippen LogP contribution in [0.4, 0.5) is 5.69 Å². The van der Waals surface area contributed by atoms with Crippen molar-refractivity contribution < 1.29 is 9.53 Å². The summed E-state index contributed by atoms with van der Waals surface area (Å²) in [5, 5.41) is 3.28. The fourth-order valence-corrected chi connectivity index (χ4v) is 1.52. The normalized spacial score (nSPS) is 12.0. The van der Waals surface area contributed by atoms with Gasteiger partial charge in [0.15, 0.2) is 0 Å². The lowest BCUT2D eigenvalue weighted by atomic mass is 10.2. The van der Waals surface area contributed by atoms with Crippen molar-refractivity contribution in [3.05, 3.63) is 23.2 Å². The SMILES string of the molecule is CCCOc1ccc(Cl)cc1NC(=O)[C@@H](N)CC. The molecule has 0 aliphatic rings. The van der Waals surface area contributed by atoms with E-state index in [-0.39, 0.29) is 5.91 Å². The first kappa shape index (κ1) is 14.8. The van der Waals surface area contributed by atoms with Gasteiger partial charge in [-0.15, -0.1) is 0 Å². The number of rotatable bonds is 6. The first-order valence-electron chi connectivity index (χ1n) is 6.07. The van der Waals surface area contributed by atoms with Crippen LogP contribution in [0.3, 0.4) is 0 Å². The van der Waals surface area contributed by atoms with Gasteiger partial charge < -0.3 is 15.8 Å². The van der Waals surface area contributed by atoms with Crippen LogP contribution in [0, 0.1) is 0 Å². The maximum Gasteiger partial charge on any atom is 0.241 e. The Labute approximate surface area is 112 Å². The summed E-state index contributed by atoms with van der Waals surface area (Å²) in [5.41, 5.74) is 6.23. The summed E-state index contributed by atoms with van der Waals surface area (Å²) in [5.74, 6) is 0.374. The number of ether oxygens (including phenoxy) is 1. The molecule has 1 rings (SSSR count). The second-order valence-electron chi connectivity index (χ2n) is 3.99. The van der Waals surface area contributed by atoms with Crippen molar-refractivity contribution in [3.8, 4) is 5.75 Å². The number of halogens is 1. The molecule has 0 aromatic heterocycles. The molecule has 18 heavy (non-hydrogen) atoms. The van der Waals surface area contributed by atoms with Crippen LogP contribution in [0.25, 0.3) is 0 Å². The summed E-state index contributed by atoms with van der Waals surface area (Å²) in [6.07, 6.45) is 1.47. The Morgan fingerprint density at radius 3 is 2.83 bits per heavy atom. The molecule has 4 nitrogen and oxygen atoms in total. The molecule has 3 N–H and O–H groups in total. The zero-order valence-electron chi connectivity index (χ0n) is 10.7. The number of nitrogens with two attached hydrogens (primary N) is 1. The molecule has 1 aromatic rings. The van der Waals surface area contributed by atoms with Crippen LogP contribution in [0.1, 0.15) is 26.7 Å². The monoisotopic (exact) mass is 270 g/mol. The van der Waals surface area contributed by atoms with E-state index in [2.05, 4.69) is 5.32 Å². The largest absolute Gasteiger partial charge is 0.491 e. The minimum absolute atomic E-state index is 0.235. The third-order valence-corrected chi connectivity index (χ3v) is 2.67. The standard InChI is InChI=1S/C13H19ClN2O2/c1-3-7-18-12-6-5-9(14)8-11(12)16-13(17)10(15)4-2/h5-6,8,10H,3-4,7,15H2,1-2H3,(H,16,17)/t10-/m0/s1.